The number of carbonyl (C=O) groups excluding carboxylic acids is 2. The minimum atomic E-state index is -0.231. The second-order valence-electron chi connectivity index (χ2n) is 4.36. The summed E-state index contributed by atoms with van der Waals surface area (Å²) in [7, 11) is 0. The van der Waals surface area contributed by atoms with Crippen molar-refractivity contribution in [2.75, 3.05) is 19.7 Å². The summed E-state index contributed by atoms with van der Waals surface area (Å²) < 4.78 is 4.82. The van der Waals surface area contributed by atoms with E-state index in [4.69, 9.17) is 10.5 Å². The third kappa shape index (κ3) is 5.40. The van der Waals surface area contributed by atoms with Crippen LogP contribution in [-0.4, -0.2) is 31.6 Å². The molecule has 0 saturated carbocycles. The molecule has 110 valence electrons. The predicted molar refractivity (Wildman–Crippen MR) is 77.4 cm³/mol. The van der Waals surface area contributed by atoms with Crippen LogP contribution in [0, 0.1) is 0 Å². The molecule has 0 spiro atoms. The van der Waals surface area contributed by atoms with Crippen LogP contribution in [0.1, 0.15) is 35.7 Å². The summed E-state index contributed by atoms with van der Waals surface area (Å²) in [4.78, 5) is 23.2. The Labute approximate surface area is 119 Å². The third-order valence-electron chi connectivity index (χ3n) is 2.82. The van der Waals surface area contributed by atoms with Crippen LogP contribution in [0.3, 0.4) is 0 Å². The summed E-state index contributed by atoms with van der Waals surface area (Å²) >= 11 is 0. The van der Waals surface area contributed by atoms with Crippen LogP contribution < -0.4 is 11.1 Å². The SMILES string of the molecule is CCOC(=O)CCCNC(=O)c1ccccc1CCN. The Balaban J connectivity index is 2.41. The van der Waals surface area contributed by atoms with Crippen molar-refractivity contribution >= 4 is 11.9 Å². The average molecular weight is 278 g/mol. The maximum atomic E-state index is 12.0. The van der Waals surface area contributed by atoms with Gasteiger partial charge in [0.1, 0.15) is 0 Å². The molecular formula is C15H22N2O3. The number of esters is 1. The highest BCUT2D eigenvalue weighted by atomic mass is 16.5. The lowest BCUT2D eigenvalue weighted by atomic mass is 10.0. The molecule has 20 heavy (non-hydrogen) atoms. The maximum Gasteiger partial charge on any atom is 0.305 e. The highest BCUT2D eigenvalue weighted by Gasteiger charge is 2.10. The van der Waals surface area contributed by atoms with Crippen LogP contribution >= 0.6 is 0 Å². The zero-order valence-corrected chi connectivity index (χ0v) is 11.9. The number of benzene rings is 1. The predicted octanol–water partition coefficient (Wildman–Crippen LogP) is 1.26. The molecule has 1 aromatic rings. The monoisotopic (exact) mass is 278 g/mol. The van der Waals surface area contributed by atoms with Gasteiger partial charge in [0.25, 0.3) is 5.91 Å². The Hall–Kier alpha value is -1.88. The lowest BCUT2D eigenvalue weighted by Gasteiger charge is -2.09. The molecule has 5 nitrogen and oxygen atoms in total. The van der Waals surface area contributed by atoms with E-state index in [2.05, 4.69) is 5.32 Å². The molecule has 0 saturated heterocycles. The molecule has 1 aromatic carbocycles. The zero-order valence-electron chi connectivity index (χ0n) is 11.9. The van der Waals surface area contributed by atoms with Gasteiger partial charge in [-0.05, 0) is 37.9 Å². The molecule has 0 aliphatic heterocycles. The number of nitrogens with two attached hydrogens (primary N) is 1. The van der Waals surface area contributed by atoms with E-state index in [1.54, 1.807) is 13.0 Å². The molecule has 0 fully saturated rings. The van der Waals surface area contributed by atoms with Crippen molar-refractivity contribution in [3.05, 3.63) is 35.4 Å². The number of carbonyl (C=O) groups is 2. The maximum absolute atomic E-state index is 12.0. The summed E-state index contributed by atoms with van der Waals surface area (Å²) in [5, 5.41) is 2.81. The molecule has 0 heterocycles. The van der Waals surface area contributed by atoms with Crippen molar-refractivity contribution in [1.82, 2.24) is 5.32 Å². The molecule has 0 aliphatic rings. The molecule has 1 amide bonds. The summed E-state index contributed by atoms with van der Waals surface area (Å²) in [5.41, 5.74) is 7.12. The van der Waals surface area contributed by atoms with Crippen LogP contribution in [0.15, 0.2) is 24.3 Å². The van der Waals surface area contributed by atoms with Gasteiger partial charge in [0.05, 0.1) is 6.61 Å². The van der Waals surface area contributed by atoms with E-state index < -0.39 is 0 Å². The molecule has 3 N–H and O–H groups in total. The number of nitrogens with one attached hydrogen (secondary N) is 1. The smallest absolute Gasteiger partial charge is 0.305 e. The third-order valence-corrected chi connectivity index (χ3v) is 2.82. The summed E-state index contributed by atoms with van der Waals surface area (Å²) in [5.74, 6) is -0.358. The highest BCUT2D eigenvalue weighted by molar-refractivity contribution is 5.95. The lowest BCUT2D eigenvalue weighted by Crippen LogP contribution is -2.26. The Bertz CT molecular complexity index is 446. The molecular weight excluding hydrogens is 256 g/mol. The molecule has 5 heteroatoms. The standard InChI is InChI=1S/C15H22N2O3/c1-2-20-14(18)8-5-11-17-15(19)13-7-4-3-6-12(13)9-10-16/h3-4,6-7H,2,5,8-11,16H2,1H3,(H,17,19). The molecule has 0 atom stereocenters. The van der Waals surface area contributed by atoms with Gasteiger partial charge in [0.2, 0.25) is 0 Å². The Morgan fingerprint density at radius 2 is 2.05 bits per heavy atom. The minimum absolute atomic E-state index is 0.127. The molecule has 0 bridgehead atoms. The summed E-state index contributed by atoms with van der Waals surface area (Å²) in [6.07, 6.45) is 1.56. The normalized spacial score (nSPS) is 10.1. The van der Waals surface area contributed by atoms with Gasteiger partial charge in [-0.1, -0.05) is 18.2 Å². The van der Waals surface area contributed by atoms with E-state index in [1.165, 1.54) is 0 Å². The van der Waals surface area contributed by atoms with Crippen molar-refractivity contribution in [2.45, 2.75) is 26.2 Å². The Morgan fingerprint density at radius 3 is 2.75 bits per heavy atom. The zero-order chi connectivity index (χ0) is 14.8. The summed E-state index contributed by atoms with van der Waals surface area (Å²) in [6, 6.07) is 7.40. The van der Waals surface area contributed by atoms with Gasteiger partial charge in [-0.15, -0.1) is 0 Å². The number of amides is 1. The van der Waals surface area contributed by atoms with Crippen LogP contribution in [0.2, 0.25) is 0 Å². The van der Waals surface area contributed by atoms with Gasteiger partial charge < -0.3 is 15.8 Å². The van der Waals surface area contributed by atoms with E-state index in [0.717, 1.165) is 5.56 Å². The van der Waals surface area contributed by atoms with Crippen LogP contribution in [0.25, 0.3) is 0 Å². The Morgan fingerprint density at radius 1 is 1.30 bits per heavy atom. The fourth-order valence-corrected chi connectivity index (χ4v) is 1.88. The first-order chi connectivity index (χ1) is 9.69. The second kappa shape index (κ2) is 9.09. The van der Waals surface area contributed by atoms with Crippen molar-refractivity contribution < 1.29 is 14.3 Å². The van der Waals surface area contributed by atoms with Gasteiger partial charge in [-0.25, -0.2) is 0 Å². The minimum Gasteiger partial charge on any atom is -0.466 e. The largest absolute Gasteiger partial charge is 0.466 e. The van der Waals surface area contributed by atoms with E-state index in [1.807, 2.05) is 18.2 Å². The number of hydrogen-bond donors (Lipinski definition) is 2. The van der Waals surface area contributed by atoms with Crippen molar-refractivity contribution in [3.63, 3.8) is 0 Å². The fourth-order valence-electron chi connectivity index (χ4n) is 1.88. The molecule has 1 rings (SSSR count). The van der Waals surface area contributed by atoms with E-state index in [0.29, 0.717) is 44.5 Å². The van der Waals surface area contributed by atoms with Gasteiger partial charge in [-0.3, -0.25) is 9.59 Å². The van der Waals surface area contributed by atoms with Crippen LogP contribution in [0.5, 0.6) is 0 Å². The van der Waals surface area contributed by atoms with Crippen molar-refractivity contribution in [1.29, 1.82) is 0 Å². The fraction of sp³-hybridized carbons (Fsp3) is 0.467. The van der Waals surface area contributed by atoms with E-state index >= 15 is 0 Å². The first-order valence-corrected chi connectivity index (χ1v) is 6.90. The van der Waals surface area contributed by atoms with Gasteiger partial charge in [0.15, 0.2) is 0 Å². The summed E-state index contributed by atoms with van der Waals surface area (Å²) in [6.45, 7) is 3.12. The molecule has 0 aromatic heterocycles. The number of rotatable bonds is 8. The highest BCUT2D eigenvalue weighted by Crippen LogP contribution is 2.09. The van der Waals surface area contributed by atoms with Crippen molar-refractivity contribution in [3.8, 4) is 0 Å². The lowest BCUT2D eigenvalue weighted by molar-refractivity contribution is -0.143. The number of hydrogen-bond acceptors (Lipinski definition) is 4. The van der Waals surface area contributed by atoms with E-state index in [-0.39, 0.29) is 11.9 Å². The molecule has 0 unspecified atom stereocenters. The molecule has 0 aliphatic carbocycles. The van der Waals surface area contributed by atoms with Crippen LogP contribution in [-0.2, 0) is 16.0 Å². The topological polar surface area (TPSA) is 81.4 Å². The van der Waals surface area contributed by atoms with E-state index in [9.17, 15) is 9.59 Å². The average Bonchev–Trinajstić information content (AvgIpc) is 2.44. The first kappa shape index (κ1) is 16.2. The quantitative estimate of drug-likeness (QED) is 0.554. The Kier molecular flexibility index (Phi) is 7.35. The van der Waals surface area contributed by atoms with Gasteiger partial charge >= 0.3 is 5.97 Å². The first-order valence-electron chi connectivity index (χ1n) is 6.90. The van der Waals surface area contributed by atoms with Crippen LogP contribution in [0.4, 0.5) is 0 Å². The van der Waals surface area contributed by atoms with Gasteiger partial charge in [-0.2, -0.15) is 0 Å². The number of ether oxygens (including phenoxy) is 1. The molecule has 0 radical (unpaired) electrons. The van der Waals surface area contributed by atoms with Gasteiger partial charge in [0, 0.05) is 18.5 Å². The van der Waals surface area contributed by atoms with Crippen molar-refractivity contribution in [2.24, 2.45) is 5.73 Å². The second-order valence-corrected chi connectivity index (χ2v) is 4.36.